The maximum Gasteiger partial charge on any atom is 0.392 e. The summed E-state index contributed by atoms with van der Waals surface area (Å²) in [6.07, 6.45) is -4.62. The van der Waals surface area contributed by atoms with Crippen LogP contribution in [0.5, 0.6) is 6.01 Å². The van der Waals surface area contributed by atoms with E-state index in [1.807, 2.05) is 0 Å². The zero-order valence-electron chi connectivity index (χ0n) is 22.6. The van der Waals surface area contributed by atoms with Gasteiger partial charge in [-0.25, -0.2) is 19.7 Å². The number of carbonyl (C=O) groups excluding carboxylic acids is 1. The average Bonchev–Trinajstić information content (AvgIpc) is 2.98. The molecule has 1 amide bonds. The van der Waals surface area contributed by atoms with Gasteiger partial charge in [0.2, 0.25) is 6.54 Å². The Kier molecular flexibility index (Phi) is 8.51. The predicted octanol–water partition coefficient (Wildman–Crippen LogP) is 6.53. The predicted molar refractivity (Wildman–Crippen MR) is 151 cm³/mol. The second-order valence-electron chi connectivity index (χ2n) is 9.84. The van der Waals surface area contributed by atoms with E-state index in [9.17, 15) is 26.7 Å². The molecule has 0 N–H and O–H groups in total. The number of fused-ring (bicyclic) bond motifs is 2. The number of carbonyl (C=O) groups is 1. The van der Waals surface area contributed by atoms with E-state index in [4.69, 9.17) is 22.9 Å². The lowest BCUT2D eigenvalue weighted by Crippen LogP contribution is -2.56. The molecule has 2 aromatic carbocycles. The number of anilines is 1. The quantitative estimate of drug-likeness (QED) is 0.131. The fraction of sp³-hybridized carbons (Fsp3) is 0.276. The molecular weight excluding hydrogens is 614 g/mol. The minimum absolute atomic E-state index is 0.0121. The van der Waals surface area contributed by atoms with Crippen LogP contribution < -0.4 is 9.64 Å². The van der Waals surface area contributed by atoms with Crippen molar-refractivity contribution in [3.63, 3.8) is 0 Å². The lowest BCUT2D eigenvalue weighted by atomic mass is 10.0. The van der Waals surface area contributed by atoms with Crippen molar-refractivity contribution < 1.29 is 35.9 Å². The highest BCUT2D eigenvalue weighted by Gasteiger charge is 2.35. The molecule has 1 fully saturated rings. The first-order valence-corrected chi connectivity index (χ1v) is 13.4. The van der Waals surface area contributed by atoms with Crippen molar-refractivity contribution in [2.24, 2.45) is 0 Å². The second-order valence-corrected chi connectivity index (χ2v) is 10.2. The van der Waals surface area contributed by atoms with E-state index in [1.165, 1.54) is 24.4 Å². The molecule has 5 rings (SSSR count). The molecule has 228 valence electrons. The van der Waals surface area contributed by atoms with Gasteiger partial charge in [-0.2, -0.15) is 23.1 Å². The van der Waals surface area contributed by atoms with Gasteiger partial charge < -0.3 is 19.4 Å². The first kappa shape index (κ1) is 30.8. The third-order valence-electron chi connectivity index (χ3n) is 7.03. The number of nitrogens with zero attached hydrogens (tertiary/aromatic N) is 6. The molecule has 44 heavy (non-hydrogen) atoms. The summed E-state index contributed by atoms with van der Waals surface area (Å²) in [5.41, 5.74) is -0.477. The van der Waals surface area contributed by atoms with Gasteiger partial charge in [0.25, 0.3) is 5.91 Å². The van der Waals surface area contributed by atoms with Gasteiger partial charge in [-0.15, -0.1) is 0 Å². The Morgan fingerprint density at radius 2 is 1.95 bits per heavy atom. The number of piperazine rings is 1. The number of rotatable bonds is 7. The number of ether oxygens (including phenoxy) is 1. The number of hydrogen-bond acceptors (Lipinski definition) is 6. The highest BCUT2D eigenvalue weighted by Crippen LogP contribution is 2.38. The summed E-state index contributed by atoms with van der Waals surface area (Å²) in [5, 5.41) is 0.480. The van der Waals surface area contributed by atoms with E-state index in [-0.39, 0.29) is 64.6 Å². The third-order valence-corrected chi connectivity index (χ3v) is 7.40. The third kappa shape index (κ3) is 6.05. The van der Waals surface area contributed by atoms with E-state index in [2.05, 4.69) is 26.4 Å². The van der Waals surface area contributed by atoms with Crippen LogP contribution in [0.4, 0.5) is 32.2 Å². The van der Waals surface area contributed by atoms with E-state index in [1.54, 1.807) is 17.0 Å². The van der Waals surface area contributed by atoms with Crippen LogP contribution in [0.3, 0.4) is 0 Å². The molecule has 1 saturated heterocycles. The van der Waals surface area contributed by atoms with E-state index in [0.29, 0.717) is 5.39 Å². The molecule has 0 spiro atoms. The van der Waals surface area contributed by atoms with Crippen LogP contribution in [0.15, 0.2) is 48.9 Å². The normalized spacial score (nSPS) is 15.5. The zero-order chi connectivity index (χ0) is 31.8. The highest BCUT2D eigenvalue weighted by atomic mass is 35.5. The molecule has 0 radical (unpaired) electrons. The Morgan fingerprint density at radius 1 is 1.18 bits per heavy atom. The first-order chi connectivity index (χ1) is 20.9. The summed E-state index contributed by atoms with van der Waals surface area (Å²) < 4.78 is 88.0. The topological polar surface area (TPSA) is 75.8 Å². The van der Waals surface area contributed by atoms with Gasteiger partial charge in [-0.3, -0.25) is 9.78 Å². The first-order valence-electron chi connectivity index (χ1n) is 13.1. The molecule has 15 heteroatoms. The number of pyridine rings is 1. The smallest absolute Gasteiger partial charge is 0.392 e. The monoisotopic (exact) mass is 634 g/mol. The van der Waals surface area contributed by atoms with Crippen LogP contribution in [0.2, 0.25) is 5.02 Å². The van der Waals surface area contributed by atoms with Crippen molar-refractivity contribution in [2.75, 3.05) is 37.7 Å². The van der Waals surface area contributed by atoms with Gasteiger partial charge in [0.15, 0.2) is 11.6 Å². The van der Waals surface area contributed by atoms with Crippen molar-refractivity contribution in [2.45, 2.75) is 18.6 Å². The van der Waals surface area contributed by atoms with Crippen LogP contribution in [0, 0.1) is 18.2 Å². The molecule has 0 bridgehead atoms. The second kappa shape index (κ2) is 12.2. The number of aromatic nitrogens is 3. The summed E-state index contributed by atoms with van der Waals surface area (Å²) in [6, 6.07) is 5.99. The average molecular weight is 635 g/mol. The summed E-state index contributed by atoms with van der Waals surface area (Å²) in [4.78, 5) is 31.0. The van der Waals surface area contributed by atoms with Crippen LogP contribution in [-0.2, 0) is 4.79 Å². The van der Waals surface area contributed by atoms with E-state index >= 15 is 4.39 Å². The summed E-state index contributed by atoms with van der Waals surface area (Å²) in [6.45, 7) is 9.16. The number of amides is 1. The number of benzene rings is 2. The van der Waals surface area contributed by atoms with Gasteiger partial charge in [0, 0.05) is 36.8 Å². The molecular formula is C29H21ClF6N6O2. The molecule has 0 saturated carbocycles. The van der Waals surface area contributed by atoms with Crippen LogP contribution >= 0.6 is 11.6 Å². The maximum atomic E-state index is 16.3. The van der Waals surface area contributed by atoms with Crippen molar-refractivity contribution in [1.82, 2.24) is 19.9 Å². The zero-order valence-corrected chi connectivity index (χ0v) is 23.4. The molecule has 0 aliphatic carbocycles. The Bertz CT molecular complexity index is 1830. The van der Waals surface area contributed by atoms with Gasteiger partial charge in [-0.1, -0.05) is 42.4 Å². The molecule has 8 nitrogen and oxygen atoms in total. The van der Waals surface area contributed by atoms with Gasteiger partial charge in [0.05, 0.1) is 16.8 Å². The molecule has 1 aliphatic heterocycles. The molecule has 1 aliphatic rings. The molecule has 4 aromatic rings. The van der Waals surface area contributed by atoms with Crippen LogP contribution in [-0.4, -0.2) is 70.8 Å². The molecule has 0 unspecified atom stereocenters. The highest BCUT2D eigenvalue weighted by molar-refractivity contribution is 6.36. The van der Waals surface area contributed by atoms with Gasteiger partial charge in [-0.05, 0) is 11.5 Å². The minimum Gasteiger partial charge on any atom is -0.463 e. The minimum atomic E-state index is -4.54. The largest absolute Gasteiger partial charge is 0.463 e. The summed E-state index contributed by atoms with van der Waals surface area (Å²) >= 11 is 6.24. The molecule has 2 aromatic heterocycles. The Labute approximate surface area is 251 Å². The number of alkyl halides is 3. The van der Waals surface area contributed by atoms with Gasteiger partial charge in [0.1, 0.15) is 35.5 Å². The fourth-order valence-corrected chi connectivity index (χ4v) is 5.29. The van der Waals surface area contributed by atoms with Crippen molar-refractivity contribution in [3.8, 4) is 17.3 Å². The number of hydrogen-bond donors (Lipinski definition) is 0. The van der Waals surface area contributed by atoms with Crippen LogP contribution in [0.25, 0.3) is 37.8 Å². The Balaban J connectivity index is 1.64. The number of halogens is 7. The van der Waals surface area contributed by atoms with Crippen molar-refractivity contribution in [3.05, 3.63) is 77.0 Å². The standard InChI is InChI=1S/C29H21ClF6N6O2/c1-15(31)27(43)42-10-9-41(14-17(42)12-37-2)26-19-13-38-24(18-5-3-4-16-6-7-20(32)22(30)21(16)18)23(33)25(19)39-28(40-26)44-11-8-29(34,35)36/h3-7,13,17H,1,8-12,14H2/t17-/m0/s1. The van der Waals surface area contributed by atoms with Crippen LogP contribution in [0.1, 0.15) is 6.42 Å². The van der Waals surface area contributed by atoms with E-state index in [0.717, 1.165) is 4.90 Å². The summed E-state index contributed by atoms with van der Waals surface area (Å²) in [5.74, 6) is -3.91. The summed E-state index contributed by atoms with van der Waals surface area (Å²) in [7, 11) is 0. The fourth-order valence-electron chi connectivity index (χ4n) is 5.01. The van der Waals surface area contributed by atoms with Gasteiger partial charge >= 0.3 is 12.2 Å². The Hall–Kier alpha value is -4.64. The maximum absolute atomic E-state index is 16.3. The molecule has 1 atom stereocenters. The van der Waals surface area contributed by atoms with Crippen molar-refractivity contribution >= 4 is 45.0 Å². The molecule has 3 heterocycles. The van der Waals surface area contributed by atoms with E-state index < -0.39 is 54.6 Å². The van der Waals surface area contributed by atoms with Crippen molar-refractivity contribution in [1.29, 1.82) is 0 Å². The SMILES string of the molecule is [C-]#[N+]C[C@H]1CN(c2nc(OCCC(F)(F)F)nc3c(F)c(-c4cccc5ccc(F)c(Cl)c45)ncc23)CCN1C(=O)C(=C)F. The Morgan fingerprint density at radius 3 is 2.66 bits per heavy atom. The lowest BCUT2D eigenvalue weighted by molar-refractivity contribution is -0.139. The lowest BCUT2D eigenvalue weighted by Gasteiger charge is -2.39.